The van der Waals surface area contributed by atoms with Gasteiger partial charge in [-0.05, 0) is 24.3 Å². The summed E-state index contributed by atoms with van der Waals surface area (Å²) in [7, 11) is 4.58. The molecule has 8 heteroatoms. The lowest BCUT2D eigenvalue weighted by atomic mass is 10.1. The van der Waals surface area contributed by atoms with Gasteiger partial charge in [0.2, 0.25) is 11.7 Å². The Morgan fingerprint density at radius 1 is 1.11 bits per heavy atom. The molecule has 0 atom stereocenters. The Kier molecular flexibility index (Phi) is 8.06. The molecule has 0 radical (unpaired) electrons. The highest BCUT2D eigenvalue weighted by atomic mass is 35.5. The number of nitrogens with one attached hydrogen (secondary N) is 1. The smallest absolute Gasteiger partial charge is 0.230 e. The number of thioether (sulfide) groups is 1. The van der Waals surface area contributed by atoms with Crippen molar-refractivity contribution in [3.63, 3.8) is 0 Å². The number of benzene rings is 2. The van der Waals surface area contributed by atoms with Crippen LogP contribution in [0.25, 0.3) is 0 Å². The molecular weight excluding hydrogens is 393 g/mol. The lowest BCUT2D eigenvalue weighted by molar-refractivity contribution is -0.118. The molecule has 2 aromatic rings. The van der Waals surface area contributed by atoms with Gasteiger partial charge in [-0.15, -0.1) is 11.8 Å². The van der Waals surface area contributed by atoms with E-state index in [1.807, 2.05) is 0 Å². The Morgan fingerprint density at radius 3 is 2.48 bits per heavy atom. The summed E-state index contributed by atoms with van der Waals surface area (Å²) in [5.74, 6) is 1.47. The van der Waals surface area contributed by atoms with E-state index in [9.17, 15) is 9.18 Å². The molecular formula is C19H21ClFNO4S. The highest BCUT2D eigenvalue weighted by molar-refractivity contribution is 7.99. The highest BCUT2D eigenvalue weighted by Crippen LogP contribution is 2.39. The maximum atomic E-state index is 13.7. The number of carbonyl (C=O) groups is 1. The molecule has 0 fully saturated rings. The molecule has 0 spiro atoms. The van der Waals surface area contributed by atoms with Gasteiger partial charge in [0.1, 0.15) is 5.82 Å². The zero-order valence-electron chi connectivity index (χ0n) is 15.3. The minimum Gasteiger partial charge on any atom is -0.493 e. The van der Waals surface area contributed by atoms with Crippen LogP contribution in [0.15, 0.2) is 30.3 Å². The van der Waals surface area contributed by atoms with Gasteiger partial charge < -0.3 is 19.5 Å². The van der Waals surface area contributed by atoms with Gasteiger partial charge in [0, 0.05) is 28.4 Å². The summed E-state index contributed by atoms with van der Waals surface area (Å²) in [6.45, 7) is 0.267. The zero-order valence-corrected chi connectivity index (χ0v) is 16.9. The molecule has 27 heavy (non-hydrogen) atoms. The van der Waals surface area contributed by atoms with Crippen LogP contribution < -0.4 is 19.5 Å². The molecule has 0 heterocycles. The summed E-state index contributed by atoms with van der Waals surface area (Å²) in [6, 6.07) is 8.08. The van der Waals surface area contributed by atoms with Crippen LogP contribution in [0.3, 0.4) is 0 Å². The SMILES string of the molecule is COc1ccc(CNC(=O)CSCc2c(F)cccc2Cl)c(OC)c1OC. The van der Waals surface area contributed by atoms with E-state index in [1.54, 1.807) is 24.3 Å². The molecule has 1 amide bonds. The molecule has 2 aromatic carbocycles. The maximum Gasteiger partial charge on any atom is 0.230 e. The fourth-order valence-corrected chi connectivity index (χ4v) is 3.66. The topological polar surface area (TPSA) is 56.8 Å². The van der Waals surface area contributed by atoms with E-state index in [-0.39, 0.29) is 24.0 Å². The van der Waals surface area contributed by atoms with Crippen molar-refractivity contribution in [3.8, 4) is 17.2 Å². The Morgan fingerprint density at radius 2 is 1.85 bits per heavy atom. The summed E-state index contributed by atoms with van der Waals surface area (Å²) >= 11 is 7.27. The first-order chi connectivity index (χ1) is 13.0. The van der Waals surface area contributed by atoms with E-state index in [0.717, 1.165) is 5.56 Å². The lowest BCUT2D eigenvalue weighted by Gasteiger charge is -2.16. The molecule has 0 aliphatic carbocycles. The molecule has 0 bridgehead atoms. The van der Waals surface area contributed by atoms with Gasteiger partial charge in [-0.25, -0.2) is 4.39 Å². The molecule has 0 aliphatic heterocycles. The molecule has 2 rings (SSSR count). The number of carbonyl (C=O) groups excluding carboxylic acids is 1. The second-order valence-corrected chi connectivity index (χ2v) is 6.86. The van der Waals surface area contributed by atoms with Crippen molar-refractivity contribution < 1.29 is 23.4 Å². The van der Waals surface area contributed by atoms with Crippen molar-refractivity contribution in [3.05, 3.63) is 52.3 Å². The third-order valence-corrected chi connectivity index (χ3v) is 5.12. The van der Waals surface area contributed by atoms with Crippen LogP contribution in [0, 0.1) is 5.82 Å². The standard InChI is InChI=1S/C19H21ClFNO4S/c1-24-16-8-7-12(18(25-2)19(16)26-3)9-22-17(23)11-27-10-13-14(20)5-4-6-15(13)21/h4-8H,9-11H2,1-3H3,(H,22,23). The van der Waals surface area contributed by atoms with Crippen LogP contribution in [0.1, 0.15) is 11.1 Å². The van der Waals surface area contributed by atoms with Gasteiger partial charge in [-0.1, -0.05) is 17.7 Å². The van der Waals surface area contributed by atoms with Gasteiger partial charge in [0.15, 0.2) is 11.5 Å². The van der Waals surface area contributed by atoms with E-state index in [1.165, 1.54) is 39.2 Å². The summed E-state index contributed by atoms with van der Waals surface area (Å²) in [6.07, 6.45) is 0. The average molecular weight is 414 g/mol. The van der Waals surface area contributed by atoms with E-state index in [2.05, 4.69) is 5.32 Å². The van der Waals surface area contributed by atoms with Crippen LogP contribution in [-0.4, -0.2) is 33.0 Å². The number of methoxy groups -OCH3 is 3. The van der Waals surface area contributed by atoms with Crippen molar-refractivity contribution in [1.29, 1.82) is 0 Å². The van der Waals surface area contributed by atoms with Gasteiger partial charge in [0.25, 0.3) is 0 Å². The lowest BCUT2D eigenvalue weighted by Crippen LogP contribution is -2.25. The number of ether oxygens (including phenoxy) is 3. The summed E-state index contributed by atoms with van der Waals surface area (Å²) in [5, 5.41) is 3.17. The Hall–Kier alpha value is -2.12. The van der Waals surface area contributed by atoms with Gasteiger partial charge >= 0.3 is 0 Å². The van der Waals surface area contributed by atoms with Crippen LogP contribution in [0.5, 0.6) is 17.2 Å². The molecule has 0 aromatic heterocycles. The van der Waals surface area contributed by atoms with Crippen LogP contribution >= 0.6 is 23.4 Å². The highest BCUT2D eigenvalue weighted by Gasteiger charge is 2.16. The normalized spacial score (nSPS) is 10.4. The number of hydrogen-bond donors (Lipinski definition) is 1. The minimum atomic E-state index is -0.370. The Balaban J connectivity index is 1.92. The molecule has 0 saturated heterocycles. The molecule has 5 nitrogen and oxygen atoms in total. The quantitative estimate of drug-likeness (QED) is 0.672. The summed E-state index contributed by atoms with van der Waals surface area (Å²) in [5.41, 5.74) is 1.16. The second-order valence-electron chi connectivity index (χ2n) is 5.46. The fraction of sp³-hybridized carbons (Fsp3) is 0.316. The molecule has 146 valence electrons. The monoisotopic (exact) mass is 413 g/mol. The summed E-state index contributed by atoms with van der Waals surface area (Å²) < 4.78 is 29.7. The first-order valence-corrected chi connectivity index (χ1v) is 9.60. The van der Waals surface area contributed by atoms with E-state index in [4.69, 9.17) is 25.8 Å². The first kappa shape index (κ1) is 21.2. The van der Waals surface area contributed by atoms with Crippen LogP contribution in [-0.2, 0) is 17.1 Å². The van der Waals surface area contributed by atoms with Crippen LogP contribution in [0.4, 0.5) is 4.39 Å². The first-order valence-electron chi connectivity index (χ1n) is 8.07. The molecule has 0 saturated carbocycles. The minimum absolute atomic E-state index is 0.177. The van der Waals surface area contributed by atoms with Gasteiger partial charge in [-0.2, -0.15) is 0 Å². The fourth-order valence-electron chi connectivity index (χ4n) is 2.46. The van der Waals surface area contributed by atoms with Crippen molar-refractivity contribution in [2.24, 2.45) is 0 Å². The third-order valence-electron chi connectivity index (χ3n) is 3.80. The van der Waals surface area contributed by atoms with Crippen LogP contribution in [0.2, 0.25) is 5.02 Å². The van der Waals surface area contributed by atoms with E-state index < -0.39 is 0 Å². The van der Waals surface area contributed by atoms with Crippen molar-refractivity contribution in [2.75, 3.05) is 27.1 Å². The molecule has 0 aliphatic rings. The van der Waals surface area contributed by atoms with Crippen molar-refractivity contribution in [1.82, 2.24) is 5.32 Å². The zero-order chi connectivity index (χ0) is 19.8. The van der Waals surface area contributed by atoms with Crippen molar-refractivity contribution >= 4 is 29.3 Å². The van der Waals surface area contributed by atoms with E-state index in [0.29, 0.717) is 33.6 Å². The third kappa shape index (κ3) is 5.43. The number of amides is 1. The summed E-state index contributed by atoms with van der Waals surface area (Å²) in [4.78, 5) is 12.1. The van der Waals surface area contributed by atoms with Crippen molar-refractivity contribution in [2.45, 2.75) is 12.3 Å². The number of halogens is 2. The largest absolute Gasteiger partial charge is 0.493 e. The van der Waals surface area contributed by atoms with E-state index >= 15 is 0 Å². The predicted octanol–water partition coefficient (Wildman–Crippen LogP) is 4.05. The number of rotatable bonds is 9. The van der Waals surface area contributed by atoms with Gasteiger partial charge in [0.05, 0.1) is 27.1 Å². The predicted molar refractivity (Wildman–Crippen MR) is 106 cm³/mol. The Labute approximate surface area is 167 Å². The maximum absolute atomic E-state index is 13.7. The van der Waals surface area contributed by atoms with Gasteiger partial charge in [-0.3, -0.25) is 4.79 Å². The molecule has 1 N–H and O–H groups in total. The number of hydrogen-bond acceptors (Lipinski definition) is 5. The Bertz CT molecular complexity index is 783. The second kappa shape index (κ2) is 10.3. The average Bonchev–Trinajstić information content (AvgIpc) is 2.67. The molecule has 0 unspecified atom stereocenters.